The number of aryl methyl sites for hydroxylation is 2. The van der Waals surface area contributed by atoms with Gasteiger partial charge in [-0.05, 0) is 37.5 Å². The van der Waals surface area contributed by atoms with E-state index in [1.54, 1.807) is 19.1 Å². The summed E-state index contributed by atoms with van der Waals surface area (Å²) in [5, 5.41) is 4.51. The minimum absolute atomic E-state index is 0.0636. The van der Waals surface area contributed by atoms with Gasteiger partial charge in [0.2, 0.25) is 10.0 Å². The summed E-state index contributed by atoms with van der Waals surface area (Å²) < 4.78 is 26.9. The third-order valence-electron chi connectivity index (χ3n) is 3.22. The largest absolute Gasteiger partial charge is 0.326 e. The van der Waals surface area contributed by atoms with Gasteiger partial charge in [-0.3, -0.25) is 10.1 Å². The van der Waals surface area contributed by atoms with Crippen LogP contribution in [0.25, 0.3) is 0 Å². The summed E-state index contributed by atoms with van der Waals surface area (Å²) in [6.45, 7) is 3.60. The maximum absolute atomic E-state index is 12.2. The zero-order valence-electron chi connectivity index (χ0n) is 11.8. The molecule has 1 atom stereocenters. The van der Waals surface area contributed by atoms with Crippen LogP contribution in [0.2, 0.25) is 0 Å². The average molecular weight is 311 g/mol. The highest BCUT2D eigenvalue weighted by Gasteiger charge is 2.29. The van der Waals surface area contributed by atoms with Gasteiger partial charge in [0.15, 0.2) is 0 Å². The molecule has 3 N–H and O–H groups in total. The second-order valence-corrected chi connectivity index (χ2v) is 6.71. The lowest BCUT2D eigenvalue weighted by Crippen LogP contribution is -2.34. The van der Waals surface area contributed by atoms with Crippen molar-refractivity contribution in [1.82, 2.24) is 15.4 Å². The van der Waals surface area contributed by atoms with E-state index in [4.69, 9.17) is 0 Å². The maximum atomic E-state index is 12.2. The lowest BCUT2D eigenvalue weighted by molar-refractivity contribution is -0.120. The number of imide groups is 1. The van der Waals surface area contributed by atoms with E-state index in [-0.39, 0.29) is 17.9 Å². The van der Waals surface area contributed by atoms with Crippen LogP contribution in [0.4, 0.5) is 4.79 Å². The average Bonchev–Trinajstić information content (AvgIpc) is 2.70. The minimum Gasteiger partial charge on any atom is -0.326 e. The predicted octanol–water partition coefficient (Wildman–Crippen LogP) is 0.180. The molecule has 0 aliphatic carbocycles. The molecule has 0 bridgehead atoms. The van der Waals surface area contributed by atoms with Crippen molar-refractivity contribution in [1.29, 1.82) is 0 Å². The first-order chi connectivity index (χ1) is 9.79. The molecule has 7 nitrogen and oxygen atoms in total. The third-order valence-corrected chi connectivity index (χ3v) is 4.82. The summed E-state index contributed by atoms with van der Waals surface area (Å²) in [7, 11) is -3.63. The fourth-order valence-corrected chi connectivity index (χ4v) is 3.45. The summed E-state index contributed by atoms with van der Waals surface area (Å²) >= 11 is 0. The van der Waals surface area contributed by atoms with Crippen LogP contribution in [0.15, 0.2) is 23.1 Å². The van der Waals surface area contributed by atoms with Crippen LogP contribution in [0.3, 0.4) is 0 Å². The van der Waals surface area contributed by atoms with E-state index in [1.165, 1.54) is 0 Å². The topological polar surface area (TPSA) is 104 Å². The smallest absolute Gasteiger partial charge is 0.322 e. The fraction of sp³-hybridized carbons (Fsp3) is 0.385. The van der Waals surface area contributed by atoms with Gasteiger partial charge in [-0.2, -0.15) is 0 Å². The molecule has 1 unspecified atom stereocenters. The molecule has 1 aliphatic heterocycles. The van der Waals surface area contributed by atoms with Crippen molar-refractivity contribution >= 4 is 22.0 Å². The summed E-state index contributed by atoms with van der Waals surface area (Å²) in [5.41, 5.74) is 1.50. The van der Waals surface area contributed by atoms with E-state index in [0.717, 1.165) is 5.56 Å². The lowest BCUT2D eigenvalue weighted by atomic mass is 10.2. The number of sulfonamides is 1. The predicted molar refractivity (Wildman–Crippen MR) is 76.2 cm³/mol. The summed E-state index contributed by atoms with van der Waals surface area (Å²) in [6.07, 6.45) is 0.196. The number of hydrogen-bond acceptors (Lipinski definition) is 4. The van der Waals surface area contributed by atoms with Gasteiger partial charge in [-0.15, -0.1) is 0 Å². The van der Waals surface area contributed by atoms with Crippen molar-refractivity contribution < 1.29 is 18.0 Å². The molecule has 1 aromatic rings. The van der Waals surface area contributed by atoms with E-state index >= 15 is 0 Å². The number of hydrogen-bond donors (Lipinski definition) is 3. The summed E-state index contributed by atoms with van der Waals surface area (Å²) in [5.74, 6) is -0.439. The molecule has 1 aliphatic rings. The first-order valence-corrected chi connectivity index (χ1v) is 7.96. The van der Waals surface area contributed by atoms with Gasteiger partial charge in [0.05, 0.1) is 4.90 Å². The fourth-order valence-electron chi connectivity index (χ4n) is 2.07. The lowest BCUT2D eigenvalue weighted by Gasteiger charge is -2.11. The molecule has 0 saturated carbocycles. The maximum Gasteiger partial charge on any atom is 0.322 e. The SMILES string of the molecule is Cc1ccc(C)c(S(=O)(=O)NCCC2NC(=O)NC2=O)c1. The van der Waals surface area contributed by atoms with Crippen molar-refractivity contribution in [3.8, 4) is 0 Å². The highest BCUT2D eigenvalue weighted by Crippen LogP contribution is 2.16. The second-order valence-electron chi connectivity index (χ2n) is 4.97. The molecule has 1 aromatic carbocycles. The number of carbonyl (C=O) groups excluding carboxylic acids is 2. The highest BCUT2D eigenvalue weighted by atomic mass is 32.2. The van der Waals surface area contributed by atoms with Gasteiger partial charge in [0.25, 0.3) is 5.91 Å². The molecule has 2 rings (SSSR count). The second kappa shape index (κ2) is 5.82. The standard InChI is InChI=1S/C13H17N3O4S/c1-8-3-4-9(2)11(7-8)21(19,20)14-6-5-10-12(17)16-13(18)15-10/h3-4,7,10,14H,5-6H2,1-2H3,(H2,15,16,17,18). The van der Waals surface area contributed by atoms with Crippen molar-refractivity contribution in [2.75, 3.05) is 6.54 Å². The summed E-state index contributed by atoms with van der Waals surface area (Å²) in [4.78, 5) is 22.5. The van der Waals surface area contributed by atoms with Gasteiger partial charge in [0.1, 0.15) is 6.04 Å². The van der Waals surface area contributed by atoms with Crippen molar-refractivity contribution in [2.45, 2.75) is 31.2 Å². The van der Waals surface area contributed by atoms with Gasteiger partial charge in [-0.1, -0.05) is 12.1 Å². The van der Waals surface area contributed by atoms with Crippen molar-refractivity contribution in [3.05, 3.63) is 29.3 Å². The molecule has 0 radical (unpaired) electrons. The molecule has 0 spiro atoms. The molecule has 1 saturated heterocycles. The first kappa shape index (κ1) is 15.5. The number of nitrogens with one attached hydrogen (secondary N) is 3. The third kappa shape index (κ3) is 3.59. The van der Waals surface area contributed by atoms with E-state index in [9.17, 15) is 18.0 Å². The molecule has 1 fully saturated rings. The van der Waals surface area contributed by atoms with Crippen LogP contribution in [-0.4, -0.2) is 32.9 Å². The Morgan fingerprint density at radius 3 is 2.57 bits per heavy atom. The Bertz CT molecular complexity index is 685. The van der Waals surface area contributed by atoms with Crippen LogP contribution in [0.5, 0.6) is 0 Å². The van der Waals surface area contributed by atoms with E-state index < -0.39 is 28.0 Å². The Morgan fingerprint density at radius 1 is 1.24 bits per heavy atom. The Hall–Kier alpha value is -1.93. The Balaban J connectivity index is 2.00. The van der Waals surface area contributed by atoms with E-state index in [0.29, 0.717) is 5.56 Å². The Kier molecular flexibility index (Phi) is 4.29. The summed E-state index contributed by atoms with van der Waals surface area (Å²) in [6, 6.07) is 3.93. The van der Waals surface area contributed by atoms with Crippen LogP contribution < -0.4 is 15.4 Å². The molecule has 3 amide bonds. The number of amides is 3. The van der Waals surface area contributed by atoms with Crippen LogP contribution in [0, 0.1) is 13.8 Å². The van der Waals surface area contributed by atoms with Gasteiger partial charge >= 0.3 is 6.03 Å². The van der Waals surface area contributed by atoms with Crippen molar-refractivity contribution in [3.63, 3.8) is 0 Å². The molecule has 1 heterocycles. The number of carbonyl (C=O) groups is 2. The van der Waals surface area contributed by atoms with Gasteiger partial charge in [-0.25, -0.2) is 17.9 Å². The highest BCUT2D eigenvalue weighted by molar-refractivity contribution is 7.89. The van der Waals surface area contributed by atoms with E-state index in [2.05, 4.69) is 15.4 Å². The molecule has 8 heteroatoms. The quantitative estimate of drug-likeness (QED) is 0.675. The van der Waals surface area contributed by atoms with Crippen LogP contribution in [0.1, 0.15) is 17.5 Å². The molecule has 0 aromatic heterocycles. The minimum atomic E-state index is -3.63. The zero-order chi connectivity index (χ0) is 15.6. The normalized spacial score (nSPS) is 18.5. The molecular formula is C13H17N3O4S. The Morgan fingerprint density at radius 2 is 1.95 bits per heavy atom. The molecule has 114 valence electrons. The van der Waals surface area contributed by atoms with Gasteiger partial charge < -0.3 is 5.32 Å². The molecular weight excluding hydrogens is 294 g/mol. The Labute approximate surface area is 123 Å². The number of urea groups is 1. The van der Waals surface area contributed by atoms with Crippen LogP contribution >= 0.6 is 0 Å². The van der Waals surface area contributed by atoms with E-state index in [1.807, 2.05) is 13.0 Å². The monoisotopic (exact) mass is 311 g/mol. The molecule has 21 heavy (non-hydrogen) atoms. The zero-order valence-corrected chi connectivity index (χ0v) is 12.6. The number of rotatable bonds is 5. The van der Waals surface area contributed by atoms with Crippen LogP contribution in [-0.2, 0) is 14.8 Å². The van der Waals surface area contributed by atoms with Gasteiger partial charge in [0, 0.05) is 6.54 Å². The number of benzene rings is 1. The first-order valence-electron chi connectivity index (χ1n) is 6.48. The van der Waals surface area contributed by atoms with Crippen molar-refractivity contribution in [2.24, 2.45) is 0 Å².